The minimum Gasteiger partial charge on any atom is -0.332 e. The first-order valence-corrected chi connectivity index (χ1v) is 8.97. The molecule has 1 aliphatic heterocycles. The summed E-state index contributed by atoms with van der Waals surface area (Å²) in [6, 6.07) is 5.23. The number of imidazole rings is 1. The molecule has 1 aliphatic rings. The summed E-state index contributed by atoms with van der Waals surface area (Å²) in [6.07, 6.45) is 2.70. The SMILES string of the molecule is C[C@H]1CNCCN1C(=O)c1nc(S(C)(=O)=O)n2ccccc12. The van der Waals surface area contributed by atoms with Crippen molar-refractivity contribution < 1.29 is 13.2 Å². The van der Waals surface area contributed by atoms with Crippen LogP contribution in [0.1, 0.15) is 17.4 Å². The van der Waals surface area contributed by atoms with Gasteiger partial charge in [0.2, 0.25) is 15.0 Å². The van der Waals surface area contributed by atoms with Crippen molar-refractivity contribution in [3.8, 4) is 0 Å². The number of amides is 1. The van der Waals surface area contributed by atoms with E-state index in [4.69, 9.17) is 0 Å². The van der Waals surface area contributed by atoms with Crippen LogP contribution in [0, 0.1) is 0 Å². The maximum atomic E-state index is 12.8. The van der Waals surface area contributed by atoms with Gasteiger partial charge in [-0.2, -0.15) is 0 Å². The van der Waals surface area contributed by atoms with Crippen LogP contribution in [0.25, 0.3) is 5.52 Å². The van der Waals surface area contributed by atoms with Crippen LogP contribution in [0.3, 0.4) is 0 Å². The van der Waals surface area contributed by atoms with E-state index >= 15 is 0 Å². The van der Waals surface area contributed by atoms with Gasteiger partial charge in [-0.25, -0.2) is 13.4 Å². The third-order valence-corrected chi connectivity index (χ3v) is 4.76. The standard InChI is InChI=1S/C14H18N4O3S/c1-10-9-15-6-8-17(10)13(19)12-11-5-3-4-7-18(11)14(16-12)22(2,20)21/h3-5,7,10,15H,6,8-9H2,1-2H3/t10-/m0/s1. The van der Waals surface area contributed by atoms with Crippen LogP contribution < -0.4 is 5.32 Å². The van der Waals surface area contributed by atoms with Crippen molar-refractivity contribution in [1.29, 1.82) is 0 Å². The Kier molecular flexibility index (Phi) is 3.65. The summed E-state index contributed by atoms with van der Waals surface area (Å²) in [5, 5.41) is 3.12. The molecular weight excluding hydrogens is 304 g/mol. The second-order valence-electron chi connectivity index (χ2n) is 5.52. The molecule has 1 amide bonds. The second kappa shape index (κ2) is 5.36. The molecule has 3 heterocycles. The van der Waals surface area contributed by atoms with Crippen molar-refractivity contribution in [3.05, 3.63) is 30.1 Å². The Bertz CT molecular complexity index is 828. The van der Waals surface area contributed by atoms with Crippen molar-refractivity contribution in [2.75, 3.05) is 25.9 Å². The fourth-order valence-corrected chi connectivity index (χ4v) is 3.48. The average molecular weight is 322 g/mol. The Hall–Kier alpha value is -1.93. The number of pyridine rings is 1. The van der Waals surface area contributed by atoms with E-state index in [1.807, 2.05) is 6.92 Å². The van der Waals surface area contributed by atoms with Crippen LogP contribution in [0.15, 0.2) is 29.6 Å². The molecule has 0 spiro atoms. The number of carbonyl (C=O) groups excluding carboxylic acids is 1. The number of carbonyl (C=O) groups is 1. The Morgan fingerprint density at radius 1 is 1.41 bits per heavy atom. The highest BCUT2D eigenvalue weighted by Gasteiger charge is 2.29. The fourth-order valence-electron chi connectivity index (χ4n) is 2.71. The van der Waals surface area contributed by atoms with Gasteiger partial charge in [-0.1, -0.05) is 6.07 Å². The summed E-state index contributed by atoms with van der Waals surface area (Å²) in [5.74, 6) is -0.229. The number of fused-ring (bicyclic) bond motifs is 1. The van der Waals surface area contributed by atoms with Crippen molar-refractivity contribution in [2.24, 2.45) is 0 Å². The minimum absolute atomic E-state index is 0.0448. The van der Waals surface area contributed by atoms with Crippen molar-refractivity contribution in [2.45, 2.75) is 18.1 Å². The monoisotopic (exact) mass is 322 g/mol. The lowest BCUT2D eigenvalue weighted by Crippen LogP contribution is -2.52. The van der Waals surface area contributed by atoms with E-state index in [2.05, 4.69) is 10.3 Å². The fraction of sp³-hybridized carbons (Fsp3) is 0.429. The van der Waals surface area contributed by atoms with E-state index in [1.165, 1.54) is 4.40 Å². The van der Waals surface area contributed by atoms with E-state index in [0.29, 0.717) is 12.1 Å². The zero-order valence-corrected chi connectivity index (χ0v) is 13.3. The van der Waals surface area contributed by atoms with Gasteiger partial charge in [-0.15, -0.1) is 0 Å². The van der Waals surface area contributed by atoms with Gasteiger partial charge in [0.15, 0.2) is 5.69 Å². The quantitative estimate of drug-likeness (QED) is 0.852. The zero-order valence-electron chi connectivity index (χ0n) is 12.5. The summed E-state index contributed by atoms with van der Waals surface area (Å²) in [7, 11) is -3.52. The first-order chi connectivity index (χ1) is 10.4. The van der Waals surface area contributed by atoms with Crippen LogP contribution in [-0.4, -0.2) is 60.5 Å². The van der Waals surface area contributed by atoms with Crippen LogP contribution in [-0.2, 0) is 9.84 Å². The Labute approximate surface area is 128 Å². The molecular formula is C14H18N4O3S. The molecule has 0 bridgehead atoms. The molecule has 0 radical (unpaired) electrons. The topological polar surface area (TPSA) is 83.8 Å². The maximum Gasteiger partial charge on any atom is 0.275 e. The first-order valence-electron chi connectivity index (χ1n) is 7.08. The molecule has 8 heteroatoms. The maximum absolute atomic E-state index is 12.8. The highest BCUT2D eigenvalue weighted by molar-refractivity contribution is 7.90. The van der Waals surface area contributed by atoms with Crippen LogP contribution in [0.2, 0.25) is 0 Å². The minimum atomic E-state index is -3.52. The molecule has 1 atom stereocenters. The molecule has 7 nitrogen and oxygen atoms in total. The van der Waals surface area contributed by atoms with E-state index in [1.54, 1.807) is 29.3 Å². The molecule has 3 rings (SSSR count). The number of aromatic nitrogens is 2. The predicted octanol–water partition coefficient (Wildman–Crippen LogP) is 0.172. The molecule has 0 unspecified atom stereocenters. The number of nitrogens with one attached hydrogen (secondary N) is 1. The Morgan fingerprint density at radius 3 is 2.86 bits per heavy atom. The van der Waals surface area contributed by atoms with Gasteiger partial charge in [-0.05, 0) is 19.1 Å². The number of nitrogens with zero attached hydrogens (tertiary/aromatic N) is 3. The molecule has 118 valence electrons. The largest absolute Gasteiger partial charge is 0.332 e. The van der Waals surface area contributed by atoms with E-state index in [9.17, 15) is 13.2 Å². The normalized spacial score (nSPS) is 19.5. The second-order valence-corrected chi connectivity index (χ2v) is 7.43. The molecule has 2 aromatic rings. The van der Waals surface area contributed by atoms with Crippen molar-refractivity contribution in [3.63, 3.8) is 0 Å². The van der Waals surface area contributed by atoms with Crippen LogP contribution in [0.4, 0.5) is 0 Å². The van der Waals surface area contributed by atoms with Gasteiger partial charge in [0, 0.05) is 38.1 Å². The third kappa shape index (κ3) is 2.48. The summed E-state index contributed by atoms with van der Waals surface area (Å²) in [6.45, 7) is 3.98. The highest BCUT2D eigenvalue weighted by Crippen LogP contribution is 2.19. The van der Waals surface area contributed by atoms with Gasteiger partial charge < -0.3 is 10.2 Å². The number of hydrogen-bond donors (Lipinski definition) is 1. The number of rotatable bonds is 2. The lowest BCUT2D eigenvalue weighted by Gasteiger charge is -2.33. The molecule has 0 aromatic carbocycles. The van der Waals surface area contributed by atoms with Crippen LogP contribution in [0.5, 0.6) is 0 Å². The number of hydrogen-bond acceptors (Lipinski definition) is 5. The van der Waals surface area contributed by atoms with Gasteiger partial charge >= 0.3 is 0 Å². The lowest BCUT2D eigenvalue weighted by atomic mass is 10.2. The third-order valence-electron chi connectivity index (χ3n) is 3.81. The van der Waals surface area contributed by atoms with Crippen molar-refractivity contribution >= 4 is 21.3 Å². The molecule has 0 aliphatic carbocycles. The van der Waals surface area contributed by atoms with E-state index in [0.717, 1.165) is 19.3 Å². The zero-order chi connectivity index (χ0) is 15.9. The summed E-state index contributed by atoms with van der Waals surface area (Å²) in [4.78, 5) is 18.7. The molecule has 0 saturated carbocycles. The van der Waals surface area contributed by atoms with Gasteiger partial charge in [0.05, 0.1) is 5.52 Å². The smallest absolute Gasteiger partial charge is 0.275 e. The average Bonchev–Trinajstić information content (AvgIpc) is 2.87. The lowest BCUT2D eigenvalue weighted by molar-refractivity contribution is 0.0652. The summed E-state index contributed by atoms with van der Waals surface area (Å²) < 4.78 is 25.3. The molecule has 22 heavy (non-hydrogen) atoms. The highest BCUT2D eigenvalue weighted by atomic mass is 32.2. The Morgan fingerprint density at radius 2 is 2.18 bits per heavy atom. The number of sulfone groups is 1. The molecule has 2 aromatic heterocycles. The van der Waals surface area contributed by atoms with Gasteiger partial charge in [-0.3, -0.25) is 9.20 Å². The van der Waals surface area contributed by atoms with Crippen LogP contribution >= 0.6 is 0 Å². The van der Waals surface area contributed by atoms with E-state index < -0.39 is 9.84 Å². The first kappa shape index (κ1) is 15.0. The molecule has 1 N–H and O–H groups in total. The molecule has 1 fully saturated rings. The van der Waals surface area contributed by atoms with Crippen molar-refractivity contribution in [1.82, 2.24) is 19.6 Å². The van der Waals surface area contributed by atoms with Gasteiger partial charge in [0.1, 0.15) is 0 Å². The van der Waals surface area contributed by atoms with E-state index in [-0.39, 0.29) is 22.8 Å². The Balaban J connectivity index is 2.13. The molecule has 1 saturated heterocycles. The summed E-state index contributed by atoms with van der Waals surface area (Å²) in [5.41, 5.74) is 0.702. The van der Waals surface area contributed by atoms with Gasteiger partial charge in [0.25, 0.3) is 5.91 Å². The number of piperazine rings is 1. The predicted molar refractivity (Wildman–Crippen MR) is 81.7 cm³/mol. The summed E-state index contributed by atoms with van der Waals surface area (Å²) >= 11 is 0.